The first kappa shape index (κ1) is 22.8. The van der Waals surface area contributed by atoms with Crippen LogP contribution < -0.4 is 5.32 Å². The molecule has 8 heteroatoms. The molecule has 1 amide bonds. The topological polar surface area (TPSA) is 63.7 Å². The number of hydrogen-bond acceptors (Lipinski definition) is 6. The minimum absolute atomic E-state index is 0.146. The smallest absolute Gasteiger partial charge is 0.410 e. The molecule has 1 aliphatic heterocycles. The van der Waals surface area contributed by atoms with Crippen LogP contribution in [0.25, 0.3) is 0 Å². The van der Waals surface area contributed by atoms with Gasteiger partial charge in [0.25, 0.3) is 0 Å². The summed E-state index contributed by atoms with van der Waals surface area (Å²) < 4.78 is 11.9. The minimum atomic E-state index is -0.506. The Balaban J connectivity index is 1.66. The molecule has 2 heterocycles. The van der Waals surface area contributed by atoms with Crippen LogP contribution >= 0.6 is 22.9 Å². The summed E-state index contributed by atoms with van der Waals surface area (Å²) in [5.41, 5.74) is 0.529. The van der Waals surface area contributed by atoms with Gasteiger partial charge in [-0.25, -0.2) is 9.78 Å². The zero-order valence-corrected chi connectivity index (χ0v) is 19.3. The average molecular weight is 452 g/mol. The van der Waals surface area contributed by atoms with E-state index < -0.39 is 5.60 Å². The van der Waals surface area contributed by atoms with Crippen LogP contribution in [-0.2, 0) is 9.47 Å². The Morgan fingerprint density at radius 1 is 1.43 bits per heavy atom. The van der Waals surface area contributed by atoms with E-state index in [9.17, 15) is 4.79 Å². The number of carbonyl (C=O) groups excluding carboxylic acids is 1. The Kier molecular flexibility index (Phi) is 7.97. The number of thiazole rings is 1. The van der Waals surface area contributed by atoms with E-state index in [0.29, 0.717) is 31.3 Å². The standard InChI is InChI=1S/C22H30ClN3O3S/c1-22(2,3)29-21(27)26-11-5-7-17(15-26)19(16-6-4-8-18(23)14-16)28-12-9-24-20-25-10-13-30-20/h4,6,8,10,13-14,17,19H,5,7,9,11-12,15H2,1-3H3,(H,24,25). The van der Waals surface area contributed by atoms with Crippen LogP contribution in [0.2, 0.25) is 5.02 Å². The third-order valence-electron chi connectivity index (χ3n) is 4.82. The number of halogens is 1. The van der Waals surface area contributed by atoms with E-state index in [1.807, 2.05) is 50.4 Å². The highest BCUT2D eigenvalue weighted by Crippen LogP contribution is 2.34. The van der Waals surface area contributed by atoms with Crippen LogP contribution in [0.15, 0.2) is 35.8 Å². The number of nitrogens with one attached hydrogen (secondary N) is 1. The van der Waals surface area contributed by atoms with Crippen molar-refractivity contribution in [2.75, 3.05) is 31.6 Å². The van der Waals surface area contributed by atoms with E-state index in [1.54, 1.807) is 22.4 Å². The summed E-state index contributed by atoms with van der Waals surface area (Å²) in [6.45, 7) is 8.16. The van der Waals surface area contributed by atoms with Crippen LogP contribution in [0.1, 0.15) is 45.3 Å². The molecule has 1 saturated heterocycles. The molecule has 1 aromatic carbocycles. The molecule has 2 unspecified atom stereocenters. The minimum Gasteiger partial charge on any atom is -0.444 e. The number of aromatic nitrogens is 1. The Hall–Kier alpha value is -1.83. The maximum absolute atomic E-state index is 12.6. The molecule has 0 spiro atoms. The predicted octanol–water partition coefficient (Wildman–Crippen LogP) is 5.61. The molecule has 0 radical (unpaired) electrons. The van der Waals surface area contributed by atoms with Crippen molar-refractivity contribution in [3.8, 4) is 0 Å². The van der Waals surface area contributed by atoms with Crippen molar-refractivity contribution in [3.05, 3.63) is 46.4 Å². The van der Waals surface area contributed by atoms with E-state index >= 15 is 0 Å². The molecule has 1 aromatic heterocycles. The molecule has 2 aromatic rings. The van der Waals surface area contributed by atoms with E-state index in [4.69, 9.17) is 21.1 Å². The molecule has 0 aliphatic carbocycles. The largest absolute Gasteiger partial charge is 0.444 e. The normalized spacial score (nSPS) is 18.1. The lowest BCUT2D eigenvalue weighted by Gasteiger charge is -2.37. The van der Waals surface area contributed by atoms with Gasteiger partial charge in [-0.05, 0) is 51.3 Å². The fourth-order valence-corrected chi connectivity index (χ4v) is 4.35. The second-order valence-electron chi connectivity index (χ2n) is 8.44. The fraction of sp³-hybridized carbons (Fsp3) is 0.545. The highest BCUT2D eigenvalue weighted by Gasteiger charge is 2.33. The van der Waals surface area contributed by atoms with E-state index in [2.05, 4.69) is 10.3 Å². The molecule has 1 fully saturated rings. The Morgan fingerprint density at radius 3 is 2.97 bits per heavy atom. The number of carbonyl (C=O) groups is 1. The van der Waals surface area contributed by atoms with E-state index in [1.165, 1.54) is 0 Å². The van der Waals surface area contributed by atoms with Crippen molar-refractivity contribution in [1.29, 1.82) is 0 Å². The van der Waals surface area contributed by atoms with Crippen molar-refractivity contribution in [1.82, 2.24) is 9.88 Å². The third-order valence-corrected chi connectivity index (χ3v) is 5.79. The average Bonchev–Trinajstić information content (AvgIpc) is 3.20. The van der Waals surface area contributed by atoms with Crippen LogP contribution in [0.5, 0.6) is 0 Å². The summed E-state index contributed by atoms with van der Waals surface area (Å²) in [6.07, 6.45) is 3.27. The summed E-state index contributed by atoms with van der Waals surface area (Å²) >= 11 is 7.81. The van der Waals surface area contributed by atoms with Gasteiger partial charge in [0.05, 0.1) is 12.7 Å². The summed E-state index contributed by atoms with van der Waals surface area (Å²) in [5.74, 6) is 0.171. The van der Waals surface area contributed by atoms with Gasteiger partial charge in [0, 0.05) is 42.2 Å². The Bertz CT molecular complexity index is 810. The number of hydrogen-bond donors (Lipinski definition) is 1. The lowest BCUT2D eigenvalue weighted by Crippen LogP contribution is -2.44. The van der Waals surface area contributed by atoms with E-state index in [-0.39, 0.29) is 18.1 Å². The Morgan fingerprint density at radius 2 is 2.27 bits per heavy atom. The second-order valence-corrected chi connectivity index (χ2v) is 9.77. The number of piperidine rings is 1. The van der Waals surface area contributed by atoms with Gasteiger partial charge in [0.15, 0.2) is 5.13 Å². The molecule has 30 heavy (non-hydrogen) atoms. The second kappa shape index (κ2) is 10.5. The summed E-state index contributed by atoms with van der Waals surface area (Å²) in [6, 6.07) is 7.79. The molecular formula is C22H30ClN3O3S. The van der Waals surface area contributed by atoms with Crippen LogP contribution in [0.3, 0.4) is 0 Å². The molecule has 1 N–H and O–H groups in total. The molecule has 0 saturated carbocycles. The number of anilines is 1. The number of nitrogens with zero attached hydrogens (tertiary/aromatic N) is 2. The number of ether oxygens (including phenoxy) is 2. The summed E-state index contributed by atoms with van der Waals surface area (Å²) in [4.78, 5) is 18.6. The molecule has 6 nitrogen and oxygen atoms in total. The van der Waals surface area contributed by atoms with Crippen LogP contribution in [0, 0.1) is 5.92 Å². The molecular weight excluding hydrogens is 422 g/mol. The van der Waals surface area contributed by atoms with Crippen LogP contribution in [-0.4, -0.2) is 47.8 Å². The maximum Gasteiger partial charge on any atom is 0.410 e. The summed E-state index contributed by atoms with van der Waals surface area (Å²) in [5, 5.41) is 6.77. The number of amides is 1. The lowest BCUT2D eigenvalue weighted by molar-refractivity contribution is -0.0227. The molecule has 0 bridgehead atoms. The van der Waals surface area contributed by atoms with Crippen molar-refractivity contribution >= 4 is 34.2 Å². The van der Waals surface area contributed by atoms with Gasteiger partial charge in [0.1, 0.15) is 5.60 Å². The third kappa shape index (κ3) is 6.86. The summed E-state index contributed by atoms with van der Waals surface area (Å²) in [7, 11) is 0. The number of benzene rings is 1. The van der Waals surface area contributed by atoms with Crippen molar-refractivity contribution in [3.63, 3.8) is 0 Å². The van der Waals surface area contributed by atoms with Gasteiger partial charge >= 0.3 is 6.09 Å². The quantitative estimate of drug-likeness (QED) is 0.554. The first-order valence-electron chi connectivity index (χ1n) is 10.3. The van der Waals surface area contributed by atoms with Gasteiger partial charge < -0.3 is 19.7 Å². The highest BCUT2D eigenvalue weighted by atomic mass is 35.5. The van der Waals surface area contributed by atoms with Gasteiger partial charge in [-0.15, -0.1) is 11.3 Å². The predicted molar refractivity (Wildman–Crippen MR) is 121 cm³/mol. The van der Waals surface area contributed by atoms with Crippen molar-refractivity contribution in [2.45, 2.75) is 45.3 Å². The van der Waals surface area contributed by atoms with Crippen molar-refractivity contribution in [2.24, 2.45) is 5.92 Å². The monoisotopic (exact) mass is 451 g/mol. The fourth-order valence-electron chi connectivity index (χ4n) is 3.59. The molecule has 2 atom stereocenters. The van der Waals surface area contributed by atoms with Crippen molar-refractivity contribution < 1.29 is 14.3 Å². The molecule has 1 aliphatic rings. The van der Waals surface area contributed by atoms with Gasteiger partial charge in [-0.3, -0.25) is 0 Å². The molecule has 3 rings (SSSR count). The van der Waals surface area contributed by atoms with Gasteiger partial charge in [0.2, 0.25) is 0 Å². The lowest BCUT2D eigenvalue weighted by atomic mass is 9.88. The highest BCUT2D eigenvalue weighted by molar-refractivity contribution is 7.13. The Labute approximate surface area is 187 Å². The van der Waals surface area contributed by atoms with Gasteiger partial charge in [-0.2, -0.15) is 0 Å². The maximum atomic E-state index is 12.6. The first-order valence-corrected chi connectivity index (χ1v) is 11.6. The SMILES string of the molecule is CC(C)(C)OC(=O)N1CCCC(C(OCCNc2nccs2)c2cccc(Cl)c2)C1. The molecule has 164 valence electrons. The zero-order valence-electron chi connectivity index (χ0n) is 17.8. The van der Waals surface area contributed by atoms with Gasteiger partial charge in [-0.1, -0.05) is 23.7 Å². The number of likely N-dealkylation sites (tertiary alicyclic amines) is 1. The zero-order chi connectivity index (χ0) is 21.6. The van der Waals surface area contributed by atoms with Crippen LogP contribution in [0.4, 0.5) is 9.93 Å². The number of rotatable bonds is 7. The first-order chi connectivity index (χ1) is 14.3. The van der Waals surface area contributed by atoms with E-state index in [0.717, 1.165) is 23.5 Å².